The quantitative estimate of drug-likeness (QED) is 0.735. The number of halogens is 1. The fourth-order valence-electron chi connectivity index (χ4n) is 3.59. The summed E-state index contributed by atoms with van der Waals surface area (Å²) < 4.78 is 13.3. The van der Waals surface area contributed by atoms with Crippen LogP contribution in [-0.2, 0) is 9.59 Å². The molecule has 0 aliphatic carbocycles. The second-order valence-electron chi connectivity index (χ2n) is 7.49. The Kier molecular flexibility index (Phi) is 6.17. The molecule has 0 N–H and O–H groups in total. The van der Waals surface area contributed by atoms with Crippen molar-refractivity contribution < 1.29 is 14.0 Å². The number of likely N-dealkylation sites (tertiary alicyclic amines) is 1. The van der Waals surface area contributed by atoms with E-state index in [-0.39, 0.29) is 23.4 Å². The standard InChI is InChI=1S/C22H26FN3O2/c1-4-14(2)21(27)22(28)26-11-5-6-17(13-26)20-19(12-24-15(3)25-20)16-7-9-18(23)10-8-16/h7-10,12,14,17H,4-6,11,13H2,1-3H3/t14-,17+/m1/s1. The van der Waals surface area contributed by atoms with Gasteiger partial charge in [-0.1, -0.05) is 26.0 Å². The van der Waals surface area contributed by atoms with Crippen LogP contribution in [0.1, 0.15) is 50.5 Å². The van der Waals surface area contributed by atoms with Crippen LogP contribution in [0.2, 0.25) is 0 Å². The van der Waals surface area contributed by atoms with Gasteiger partial charge < -0.3 is 4.90 Å². The van der Waals surface area contributed by atoms with Gasteiger partial charge in [0.2, 0.25) is 5.78 Å². The highest BCUT2D eigenvalue weighted by atomic mass is 19.1. The third-order valence-electron chi connectivity index (χ3n) is 5.46. The third kappa shape index (κ3) is 4.26. The van der Waals surface area contributed by atoms with Gasteiger partial charge in [0.05, 0.1) is 5.69 Å². The van der Waals surface area contributed by atoms with Crippen molar-refractivity contribution in [2.24, 2.45) is 5.92 Å². The van der Waals surface area contributed by atoms with E-state index in [9.17, 15) is 14.0 Å². The second kappa shape index (κ2) is 8.59. The SMILES string of the molecule is CC[C@@H](C)C(=O)C(=O)N1CCC[C@H](c2nc(C)ncc2-c2ccc(F)cc2)C1. The minimum absolute atomic E-state index is 0.0178. The molecule has 0 saturated carbocycles. The van der Waals surface area contributed by atoms with Gasteiger partial charge in [0.15, 0.2) is 0 Å². The first kappa shape index (κ1) is 20.1. The Morgan fingerprint density at radius 2 is 2.00 bits per heavy atom. The molecule has 0 unspecified atom stereocenters. The van der Waals surface area contributed by atoms with Crippen LogP contribution >= 0.6 is 0 Å². The molecule has 1 saturated heterocycles. The minimum atomic E-state index is -0.395. The maximum atomic E-state index is 13.3. The summed E-state index contributed by atoms with van der Waals surface area (Å²) >= 11 is 0. The predicted molar refractivity (Wildman–Crippen MR) is 105 cm³/mol. The Labute approximate surface area is 165 Å². The number of rotatable bonds is 5. The molecule has 2 aromatic rings. The minimum Gasteiger partial charge on any atom is -0.335 e. The number of ketones is 1. The van der Waals surface area contributed by atoms with Gasteiger partial charge in [-0.15, -0.1) is 0 Å². The molecule has 0 radical (unpaired) electrons. The van der Waals surface area contributed by atoms with E-state index in [2.05, 4.69) is 9.97 Å². The van der Waals surface area contributed by atoms with Crippen LogP contribution in [0.4, 0.5) is 4.39 Å². The number of carbonyl (C=O) groups is 2. The number of piperidine rings is 1. The summed E-state index contributed by atoms with van der Waals surface area (Å²) in [4.78, 5) is 35.6. The molecule has 28 heavy (non-hydrogen) atoms. The van der Waals surface area contributed by atoms with Gasteiger partial charge in [-0.25, -0.2) is 14.4 Å². The van der Waals surface area contributed by atoms with E-state index in [1.165, 1.54) is 12.1 Å². The molecule has 0 spiro atoms. The summed E-state index contributed by atoms with van der Waals surface area (Å²) in [5.74, 6) is -0.599. The summed E-state index contributed by atoms with van der Waals surface area (Å²) in [7, 11) is 0. The first-order valence-electron chi connectivity index (χ1n) is 9.83. The van der Waals surface area contributed by atoms with Crippen LogP contribution in [0.15, 0.2) is 30.5 Å². The summed E-state index contributed by atoms with van der Waals surface area (Å²) in [5, 5.41) is 0. The zero-order valence-electron chi connectivity index (χ0n) is 16.6. The Bertz CT molecular complexity index is 867. The molecule has 1 aliphatic rings. The summed E-state index contributed by atoms with van der Waals surface area (Å²) in [6.45, 7) is 6.59. The molecular weight excluding hydrogens is 357 g/mol. The number of nitrogens with zero attached hydrogens (tertiary/aromatic N) is 3. The van der Waals surface area contributed by atoms with Crippen molar-refractivity contribution in [3.63, 3.8) is 0 Å². The van der Waals surface area contributed by atoms with Crippen molar-refractivity contribution in [3.05, 3.63) is 47.8 Å². The van der Waals surface area contributed by atoms with E-state index in [4.69, 9.17) is 0 Å². The maximum Gasteiger partial charge on any atom is 0.290 e. The van der Waals surface area contributed by atoms with Crippen LogP contribution in [0.3, 0.4) is 0 Å². The van der Waals surface area contributed by atoms with E-state index in [1.807, 2.05) is 13.8 Å². The van der Waals surface area contributed by atoms with E-state index in [0.717, 1.165) is 29.7 Å². The number of Topliss-reactive ketones (excluding diaryl/α,β-unsaturated/α-hetero) is 1. The van der Waals surface area contributed by atoms with Gasteiger partial charge >= 0.3 is 0 Å². The van der Waals surface area contributed by atoms with Crippen LogP contribution in [0.25, 0.3) is 11.1 Å². The fraction of sp³-hybridized carbons (Fsp3) is 0.455. The van der Waals surface area contributed by atoms with Gasteiger partial charge in [0, 0.05) is 36.7 Å². The van der Waals surface area contributed by atoms with Gasteiger partial charge in [0.25, 0.3) is 5.91 Å². The summed E-state index contributed by atoms with van der Waals surface area (Å²) in [6.07, 6.45) is 4.11. The average Bonchev–Trinajstić information content (AvgIpc) is 2.73. The smallest absolute Gasteiger partial charge is 0.290 e. The molecule has 5 nitrogen and oxygen atoms in total. The van der Waals surface area contributed by atoms with E-state index < -0.39 is 5.91 Å². The first-order chi connectivity index (χ1) is 13.4. The molecule has 6 heteroatoms. The molecule has 1 fully saturated rings. The van der Waals surface area contributed by atoms with Gasteiger partial charge in [-0.2, -0.15) is 0 Å². The number of aromatic nitrogens is 2. The highest BCUT2D eigenvalue weighted by molar-refractivity contribution is 6.36. The lowest BCUT2D eigenvalue weighted by atomic mass is 9.89. The van der Waals surface area contributed by atoms with Crippen LogP contribution < -0.4 is 0 Å². The Balaban J connectivity index is 1.88. The third-order valence-corrected chi connectivity index (χ3v) is 5.46. The maximum absolute atomic E-state index is 13.3. The Morgan fingerprint density at radius 3 is 2.68 bits per heavy atom. The van der Waals surface area contributed by atoms with E-state index >= 15 is 0 Å². The Hall–Kier alpha value is -2.63. The predicted octanol–water partition coefficient (Wildman–Crippen LogP) is 3.91. The summed E-state index contributed by atoms with van der Waals surface area (Å²) in [5.41, 5.74) is 2.54. The number of carbonyl (C=O) groups excluding carboxylic acids is 2. The number of aryl methyl sites for hydroxylation is 1. The topological polar surface area (TPSA) is 63.2 Å². The van der Waals surface area contributed by atoms with Crippen LogP contribution in [-0.4, -0.2) is 39.6 Å². The molecule has 1 amide bonds. The molecule has 1 aliphatic heterocycles. The second-order valence-corrected chi connectivity index (χ2v) is 7.49. The monoisotopic (exact) mass is 383 g/mol. The van der Waals surface area contributed by atoms with E-state index in [0.29, 0.717) is 25.3 Å². The molecule has 3 rings (SSSR count). The molecule has 148 valence electrons. The van der Waals surface area contributed by atoms with Gasteiger partial charge in [0.1, 0.15) is 11.6 Å². The first-order valence-corrected chi connectivity index (χ1v) is 9.83. The Morgan fingerprint density at radius 1 is 1.29 bits per heavy atom. The number of amides is 1. The summed E-state index contributed by atoms with van der Waals surface area (Å²) in [6, 6.07) is 6.26. The van der Waals surface area contributed by atoms with E-state index in [1.54, 1.807) is 30.2 Å². The van der Waals surface area contributed by atoms with Crippen molar-refractivity contribution in [2.45, 2.75) is 46.0 Å². The lowest BCUT2D eigenvalue weighted by Crippen LogP contribution is -2.44. The zero-order chi connectivity index (χ0) is 20.3. The largest absolute Gasteiger partial charge is 0.335 e. The van der Waals surface area contributed by atoms with Crippen LogP contribution in [0.5, 0.6) is 0 Å². The molecule has 1 aromatic carbocycles. The average molecular weight is 383 g/mol. The number of hydrogen-bond donors (Lipinski definition) is 0. The van der Waals surface area contributed by atoms with Gasteiger partial charge in [-0.05, 0) is 43.9 Å². The van der Waals surface area contributed by atoms with Crippen molar-refractivity contribution in [1.82, 2.24) is 14.9 Å². The highest BCUT2D eigenvalue weighted by Gasteiger charge is 2.32. The molecule has 2 heterocycles. The fourth-order valence-corrected chi connectivity index (χ4v) is 3.59. The number of benzene rings is 1. The molecule has 1 aromatic heterocycles. The van der Waals surface area contributed by atoms with Crippen LogP contribution in [0, 0.1) is 18.7 Å². The lowest BCUT2D eigenvalue weighted by Gasteiger charge is -2.33. The van der Waals surface area contributed by atoms with Gasteiger partial charge in [-0.3, -0.25) is 9.59 Å². The molecule has 0 bridgehead atoms. The number of hydrogen-bond acceptors (Lipinski definition) is 4. The van der Waals surface area contributed by atoms with Crippen molar-refractivity contribution in [2.75, 3.05) is 13.1 Å². The lowest BCUT2D eigenvalue weighted by molar-refractivity contribution is -0.147. The zero-order valence-corrected chi connectivity index (χ0v) is 16.6. The molecule has 2 atom stereocenters. The normalized spacial score (nSPS) is 18.0. The van der Waals surface area contributed by atoms with Crippen molar-refractivity contribution in [3.8, 4) is 11.1 Å². The van der Waals surface area contributed by atoms with Crippen molar-refractivity contribution >= 4 is 11.7 Å². The highest BCUT2D eigenvalue weighted by Crippen LogP contribution is 2.33. The van der Waals surface area contributed by atoms with Crippen molar-refractivity contribution in [1.29, 1.82) is 0 Å². The molecular formula is C22H26FN3O2.